The highest BCUT2D eigenvalue weighted by atomic mass is 32.1. The molecule has 0 saturated heterocycles. The van der Waals surface area contributed by atoms with Crippen LogP contribution in [0.2, 0.25) is 0 Å². The van der Waals surface area contributed by atoms with Crippen LogP contribution in [0.15, 0.2) is 17.5 Å². The smallest absolute Gasteiger partial charge is 0.0592 e. The van der Waals surface area contributed by atoms with Gasteiger partial charge in [0.05, 0.1) is 19.3 Å². The number of rotatable bonds is 8. The van der Waals surface area contributed by atoms with E-state index in [9.17, 15) is 0 Å². The molecule has 1 aromatic heterocycles. The van der Waals surface area contributed by atoms with Crippen molar-refractivity contribution in [2.24, 2.45) is 5.73 Å². The monoisotopic (exact) mass is 258 g/mol. The average Bonchev–Trinajstić information content (AvgIpc) is 2.79. The van der Waals surface area contributed by atoms with E-state index < -0.39 is 0 Å². The van der Waals surface area contributed by atoms with Crippen LogP contribution in [0, 0.1) is 0 Å². The molecule has 0 aliphatic carbocycles. The molecule has 1 rings (SSSR count). The van der Waals surface area contributed by atoms with Crippen LogP contribution in [0.1, 0.15) is 17.8 Å². The van der Waals surface area contributed by atoms with Gasteiger partial charge in [-0.15, -0.1) is 11.3 Å². The molecule has 0 aliphatic rings. The lowest BCUT2D eigenvalue weighted by Gasteiger charge is -2.33. The summed E-state index contributed by atoms with van der Waals surface area (Å²) in [4.78, 5) is 3.42. The summed E-state index contributed by atoms with van der Waals surface area (Å²) in [5.41, 5.74) is 6.07. The van der Waals surface area contributed by atoms with E-state index in [-0.39, 0.29) is 18.7 Å². The van der Waals surface area contributed by atoms with Gasteiger partial charge in [0.25, 0.3) is 0 Å². The van der Waals surface area contributed by atoms with Crippen LogP contribution in [-0.4, -0.2) is 49.5 Å². The number of nitrogens with zero attached hydrogens (tertiary/aromatic N) is 1. The third kappa shape index (κ3) is 4.37. The second-order valence-corrected chi connectivity index (χ2v) is 5.05. The van der Waals surface area contributed by atoms with Crippen molar-refractivity contribution in [3.63, 3.8) is 0 Å². The van der Waals surface area contributed by atoms with E-state index in [1.54, 1.807) is 18.4 Å². The highest BCUT2D eigenvalue weighted by Gasteiger charge is 2.24. The minimum atomic E-state index is 0.0251. The molecule has 0 aromatic carbocycles. The summed E-state index contributed by atoms with van der Waals surface area (Å²) >= 11 is 1.70. The summed E-state index contributed by atoms with van der Waals surface area (Å²) in [5.74, 6) is 0. The van der Waals surface area contributed by atoms with Gasteiger partial charge in [-0.1, -0.05) is 6.07 Å². The lowest BCUT2D eigenvalue weighted by Crippen LogP contribution is -2.42. The topological polar surface area (TPSA) is 58.7 Å². The van der Waals surface area contributed by atoms with Crippen molar-refractivity contribution in [3.05, 3.63) is 22.4 Å². The van der Waals surface area contributed by atoms with Gasteiger partial charge in [0.2, 0.25) is 0 Å². The summed E-state index contributed by atoms with van der Waals surface area (Å²) in [6, 6.07) is 4.30. The van der Waals surface area contributed by atoms with Crippen LogP contribution in [-0.2, 0) is 4.74 Å². The zero-order valence-electron chi connectivity index (χ0n) is 10.5. The van der Waals surface area contributed by atoms with Gasteiger partial charge in [-0.3, -0.25) is 4.90 Å². The Labute approximate surface area is 107 Å². The molecule has 0 fully saturated rings. The van der Waals surface area contributed by atoms with Gasteiger partial charge in [-0.25, -0.2) is 0 Å². The summed E-state index contributed by atoms with van der Waals surface area (Å²) in [7, 11) is 1.68. The molecule has 0 aliphatic heterocycles. The fourth-order valence-corrected chi connectivity index (χ4v) is 2.93. The molecule has 0 radical (unpaired) electrons. The largest absolute Gasteiger partial charge is 0.395 e. The standard InChI is InChI=1S/C12H22N2O2S/c1-10(13)12(11-4-3-9-17-11)14(5-7-15)6-8-16-2/h3-4,9-10,12,15H,5-8,13H2,1-2H3. The van der Waals surface area contributed by atoms with E-state index in [1.165, 1.54) is 4.88 Å². The number of aliphatic hydroxyl groups excluding tert-OH is 1. The normalized spacial score (nSPS) is 15.1. The minimum Gasteiger partial charge on any atom is -0.395 e. The highest BCUT2D eigenvalue weighted by Crippen LogP contribution is 2.27. The third-order valence-electron chi connectivity index (χ3n) is 2.70. The van der Waals surface area contributed by atoms with Crippen LogP contribution >= 0.6 is 11.3 Å². The summed E-state index contributed by atoms with van der Waals surface area (Å²) < 4.78 is 5.11. The molecule has 5 heteroatoms. The molecule has 4 nitrogen and oxygen atoms in total. The molecule has 98 valence electrons. The molecular formula is C12H22N2O2S. The molecule has 0 saturated carbocycles. The summed E-state index contributed by atoms with van der Waals surface area (Å²) in [6.45, 7) is 4.18. The Hall–Kier alpha value is -0.460. The first-order valence-corrected chi connectivity index (χ1v) is 6.71. The lowest BCUT2D eigenvalue weighted by atomic mass is 10.1. The van der Waals surface area contributed by atoms with Gasteiger partial charge in [0.1, 0.15) is 0 Å². The summed E-state index contributed by atoms with van der Waals surface area (Å²) in [5, 5.41) is 11.2. The number of aliphatic hydroxyl groups is 1. The Morgan fingerprint density at radius 1 is 1.53 bits per heavy atom. The van der Waals surface area contributed by atoms with Crippen molar-refractivity contribution in [2.75, 3.05) is 33.4 Å². The van der Waals surface area contributed by atoms with Gasteiger partial charge >= 0.3 is 0 Å². The zero-order valence-corrected chi connectivity index (χ0v) is 11.3. The number of thiophene rings is 1. The predicted octanol–water partition coefficient (Wildman–Crippen LogP) is 1.08. The van der Waals surface area contributed by atoms with Gasteiger partial charge < -0.3 is 15.6 Å². The van der Waals surface area contributed by atoms with Crippen LogP contribution in [0.5, 0.6) is 0 Å². The quantitative estimate of drug-likeness (QED) is 0.732. The minimum absolute atomic E-state index is 0.0251. The highest BCUT2D eigenvalue weighted by molar-refractivity contribution is 7.10. The second kappa shape index (κ2) is 7.79. The molecule has 1 aromatic rings. The molecule has 0 bridgehead atoms. The molecule has 3 N–H and O–H groups in total. The van der Waals surface area contributed by atoms with Gasteiger partial charge in [0, 0.05) is 31.1 Å². The molecule has 2 atom stereocenters. The van der Waals surface area contributed by atoms with Crippen molar-refractivity contribution in [3.8, 4) is 0 Å². The second-order valence-electron chi connectivity index (χ2n) is 4.07. The van der Waals surface area contributed by atoms with E-state index in [0.717, 1.165) is 6.54 Å². The van der Waals surface area contributed by atoms with Gasteiger partial charge in [-0.05, 0) is 18.4 Å². The Morgan fingerprint density at radius 2 is 2.29 bits per heavy atom. The van der Waals surface area contributed by atoms with Crippen molar-refractivity contribution in [2.45, 2.75) is 19.0 Å². The average molecular weight is 258 g/mol. The third-order valence-corrected chi connectivity index (χ3v) is 3.64. The lowest BCUT2D eigenvalue weighted by molar-refractivity contribution is 0.0941. The molecule has 17 heavy (non-hydrogen) atoms. The number of ether oxygens (including phenoxy) is 1. The SMILES string of the molecule is COCCN(CCO)C(c1cccs1)C(C)N. The predicted molar refractivity (Wildman–Crippen MR) is 71.2 cm³/mol. The van der Waals surface area contributed by atoms with Crippen LogP contribution in [0.3, 0.4) is 0 Å². The Bertz CT molecular complexity index is 291. The number of hydrogen-bond acceptors (Lipinski definition) is 5. The van der Waals surface area contributed by atoms with E-state index in [2.05, 4.69) is 16.3 Å². The van der Waals surface area contributed by atoms with E-state index >= 15 is 0 Å². The first-order valence-electron chi connectivity index (χ1n) is 5.83. The van der Waals surface area contributed by atoms with Crippen LogP contribution < -0.4 is 5.73 Å². The van der Waals surface area contributed by atoms with Crippen molar-refractivity contribution < 1.29 is 9.84 Å². The Balaban J connectivity index is 2.77. The maximum absolute atomic E-state index is 9.14. The van der Waals surface area contributed by atoms with Crippen molar-refractivity contribution >= 4 is 11.3 Å². The first-order chi connectivity index (χ1) is 8.20. The number of hydrogen-bond donors (Lipinski definition) is 2. The molecule has 1 heterocycles. The van der Waals surface area contributed by atoms with E-state index in [4.69, 9.17) is 15.6 Å². The molecular weight excluding hydrogens is 236 g/mol. The maximum atomic E-state index is 9.14. The Kier molecular flexibility index (Phi) is 6.69. The first kappa shape index (κ1) is 14.6. The van der Waals surface area contributed by atoms with Crippen LogP contribution in [0.4, 0.5) is 0 Å². The van der Waals surface area contributed by atoms with Crippen molar-refractivity contribution in [1.29, 1.82) is 0 Å². The Morgan fingerprint density at radius 3 is 2.76 bits per heavy atom. The number of nitrogens with two attached hydrogens (primary N) is 1. The molecule has 0 spiro atoms. The van der Waals surface area contributed by atoms with Crippen LogP contribution in [0.25, 0.3) is 0 Å². The van der Waals surface area contributed by atoms with Crippen molar-refractivity contribution in [1.82, 2.24) is 4.90 Å². The van der Waals surface area contributed by atoms with E-state index in [0.29, 0.717) is 13.2 Å². The van der Waals surface area contributed by atoms with Gasteiger partial charge in [-0.2, -0.15) is 0 Å². The number of methoxy groups -OCH3 is 1. The molecule has 0 amide bonds. The van der Waals surface area contributed by atoms with E-state index in [1.807, 2.05) is 13.0 Å². The maximum Gasteiger partial charge on any atom is 0.0592 e. The zero-order chi connectivity index (χ0) is 12.7. The fraction of sp³-hybridized carbons (Fsp3) is 0.667. The fourth-order valence-electron chi connectivity index (χ4n) is 1.96. The molecule has 2 unspecified atom stereocenters. The summed E-state index contributed by atoms with van der Waals surface area (Å²) in [6.07, 6.45) is 0. The van der Waals surface area contributed by atoms with Gasteiger partial charge in [0.15, 0.2) is 0 Å².